The van der Waals surface area contributed by atoms with Crippen LogP contribution in [-0.2, 0) is 4.79 Å². The lowest BCUT2D eigenvalue weighted by molar-refractivity contribution is -0.122. The fraction of sp³-hybridized carbons (Fsp3) is 0.900. The molecule has 0 aromatic carbocycles. The van der Waals surface area contributed by atoms with Crippen molar-refractivity contribution in [1.82, 2.24) is 10.6 Å². The number of likely N-dealkylation sites (N-methyl/N-ethyl adjacent to an activating group) is 1. The molecular formula is C10H23N3O. The summed E-state index contributed by atoms with van der Waals surface area (Å²) < 4.78 is 0. The van der Waals surface area contributed by atoms with Crippen LogP contribution in [0.4, 0.5) is 0 Å². The Morgan fingerprint density at radius 3 is 2.50 bits per heavy atom. The number of amides is 1. The van der Waals surface area contributed by atoms with Crippen LogP contribution in [0, 0.1) is 0 Å². The predicted octanol–water partition coefficient (Wildman–Crippen LogP) is 0.228. The van der Waals surface area contributed by atoms with Crippen molar-refractivity contribution in [2.24, 2.45) is 5.73 Å². The van der Waals surface area contributed by atoms with Crippen molar-refractivity contribution in [1.29, 1.82) is 0 Å². The van der Waals surface area contributed by atoms with Gasteiger partial charge >= 0.3 is 0 Å². The number of carbonyl (C=O) groups is 1. The molecule has 0 bridgehead atoms. The third-order valence-corrected chi connectivity index (χ3v) is 2.08. The zero-order valence-corrected chi connectivity index (χ0v) is 9.47. The second kappa shape index (κ2) is 7.76. The molecule has 0 fully saturated rings. The maximum absolute atomic E-state index is 11.0. The number of unbranched alkanes of at least 4 members (excludes halogenated alkanes) is 1. The number of rotatable bonds is 7. The molecule has 0 aromatic rings. The number of hydrogen-bond acceptors (Lipinski definition) is 3. The lowest BCUT2D eigenvalue weighted by atomic mass is 10.1. The van der Waals surface area contributed by atoms with Gasteiger partial charge in [-0.3, -0.25) is 4.79 Å². The Hall–Kier alpha value is -0.610. The van der Waals surface area contributed by atoms with Crippen molar-refractivity contribution in [2.45, 2.75) is 45.2 Å². The number of carbonyl (C=O) groups excluding carboxylic acids is 1. The van der Waals surface area contributed by atoms with E-state index in [-0.39, 0.29) is 11.9 Å². The normalized spacial score (nSPS) is 12.9. The van der Waals surface area contributed by atoms with Crippen molar-refractivity contribution in [2.75, 3.05) is 13.6 Å². The third kappa shape index (κ3) is 6.86. The molecule has 0 saturated carbocycles. The van der Waals surface area contributed by atoms with Gasteiger partial charge in [0.25, 0.3) is 0 Å². The molecule has 1 amide bonds. The Labute approximate surface area is 86.6 Å². The Morgan fingerprint density at radius 2 is 2.00 bits per heavy atom. The van der Waals surface area contributed by atoms with Gasteiger partial charge in [-0.25, -0.2) is 0 Å². The summed E-state index contributed by atoms with van der Waals surface area (Å²) in [5, 5.41) is 5.87. The zero-order valence-electron chi connectivity index (χ0n) is 9.47. The molecule has 0 aliphatic rings. The molecule has 4 heteroatoms. The first-order chi connectivity index (χ1) is 6.57. The van der Waals surface area contributed by atoms with E-state index in [1.54, 1.807) is 7.05 Å². The summed E-state index contributed by atoms with van der Waals surface area (Å²) in [5.74, 6) is -0.0678. The van der Waals surface area contributed by atoms with Crippen LogP contribution in [-0.4, -0.2) is 31.6 Å². The smallest absolute Gasteiger partial charge is 0.236 e. The van der Waals surface area contributed by atoms with Crippen molar-refractivity contribution < 1.29 is 4.79 Å². The van der Waals surface area contributed by atoms with Gasteiger partial charge in [-0.05, 0) is 19.4 Å². The van der Waals surface area contributed by atoms with E-state index >= 15 is 0 Å². The highest BCUT2D eigenvalue weighted by atomic mass is 16.2. The van der Waals surface area contributed by atoms with Gasteiger partial charge in [0.05, 0.1) is 6.04 Å². The molecule has 0 aliphatic carbocycles. The number of nitrogens with one attached hydrogen (secondary N) is 2. The van der Waals surface area contributed by atoms with Crippen LogP contribution >= 0.6 is 0 Å². The summed E-state index contributed by atoms with van der Waals surface area (Å²) in [4.78, 5) is 11.0. The monoisotopic (exact) mass is 201 g/mol. The first-order valence-electron chi connectivity index (χ1n) is 5.28. The van der Waals surface area contributed by atoms with Crippen LogP contribution in [0.5, 0.6) is 0 Å². The predicted molar refractivity (Wildman–Crippen MR) is 59.0 cm³/mol. The molecule has 84 valence electrons. The number of hydrogen-bond donors (Lipinski definition) is 3. The average molecular weight is 201 g/mol. The summed E-state index contributed by atoms with van der Waals surface area (Å²) >= 11 is 0. The van der Waals surface area contributed by atoms with Gasteiger partial charge in [0.1, 0.15) is 0 Å². The molecule has 0 spiro atoms. The minimum Gasteiger partial charge on any atom is -0.358 e. The van der Waals surface area contributed by atoms with Crippen LogP contribution in [0.3, 0.4) is 0 Å². The molecule has 0 aromatic heterocycles. The lowest BCUT2D eigenvalue weighted by Crippen LogP contribution is -2.38. The molecule has 0 aliphatic heterocycles. The van der Waals surface area contributed by atoms with E-state index in [1.807, 2.05) is 0 Å². The molecule has 4 N–H and O–H groups in total. The van der Waals surface area contributed by atoms with Gasteiger partial charge in [-0.2, -0.15) is 0 Å². The fourth-order valence-electron chi connectivity index (χ4n) is 1.20. The van der Waals surface area contributed by atoms with E-state index in [0.717, 1.165) is 25.8 Å². The van der Waals surface area contributed by atoms with Gasteiger partial charge in [0.15, 0.2) is 0 Å². The Morgan fingerprint density at radius 1 is 1.36 bits per heavy atom. The largest absolute Gasteiger partial charge is 0.358 e. The summed E-state index contributed by atoms with van der Waals surface area (Å²) in [5.41, 5.74) is 5.64. The Bertz CT molecular complexity index is 159. The molecule has 0 rings (SSSR count). The SMILES string of the molecule is CNC(=O)C(N)CCCCNC(C)C. The van der Waals surface area contributed by atoms with Crippen molar-refractivity contribution in [3.05, 3.63) is 0 Å². The summed E-state index contributed by atoms with van der Waals surface area (Å²) in [6.45, 7) is 5.24. The first-order valence-corrected chi connectivity index (χ1v) is 5.28. The van der Waals surface area contributed by atoms with Crippen LogP contribution < -0.4 is 16.4 Å². The minimum atomic E-state index is -0.348. The third-order valence-electron chi connectivity index (χ3n) is 2.08. The van der Waals surface area contributed by atoms with E-state index in [0.29, 0.717) is 6.04 Å². The average Bonchev–Trinajstić information content (AvgIpc) is 2.15. The first kappa shape index (κ1) is 13.4. The highest BCUT2D eigenvalue weighted by Gasteiger charge is 2.09. The van der Waals surface area contributed by atoms with E-state index in [4.69, 9.17) is 5.73 Å². The topological polar surface area (TPSA) is 67.2 Å². The molecule has 1 unspecified atom stereocenters. The highest BCUT2D eigenvalue weighted by Crippen LogP contribution is 1.98. The number of nitrogens with two attached hydrogens (primary N) is 1. The molecule has 0 radical (unpaired) electrons. The van der Waals surface area contributed by atoms with Gasteiger partial charge in [-0.1, -0.05) is 20.3 Å². The summed E-state index contributed by atoms with van der Waals surface area (Å²) in [7, 11) is 1.61. The van der Waals surface area contributed by atoms with Gasteiger partial charge < -0.3 is 16.4 Å². The standard InChI is InChI=1S/C10H23N3O/c1-8(2)13-7-5-4-6-9(11)10(14)12-3/h8-9,13H,4-7,11H2,1-3H3,(H,12,14). The maximum Gasteiger partial charge on any atom is 0.236 e. The summed E-state index contributed by atoms with van der Waals surface area (Å²) in [6.07, 6.45) is 2.83. The quantitative estimate of drug-likeness (QED) is 0.516. The minimum absolute atomic E-state index is 0.0678. The van der Waals surface area contributed by atoms with Crippen LogP contribution in [0.1, 0.15) is 33.1 Å². The lowest BCUT2D eigenvalue weighted by Gasteiger charge is -2.10. The van der Waals surface area contributed by atoms with Crippen molar-refractivity contribution >= 4 is 5.91 Å². The Kier molecular flexibility index (Phi) is 7.42. The fourth-order valence-corrected chi connectivity index (χ4v) is 1.20. The van der Waals surface area contributed by atoms with Gasteiger partial charge in [0, 0.05) is 13.1 Å². The molecule has 1 atom stereocenters. The van der Waals surface area contributed by atoms with Crippen LogP contribution in [0.25, 0.3) is 0 Å². The molecular weight excluding hydrogens is 178 g/mol. The molecule has 14 heavy (non-hydrogen) atoms. The van der Waals surface area contributed by atoms with E-state index in [1.165, 1.54) is 0 Å². The highest BCUT2D eigenvalue weighted by molar-refractivity contribution is 5.81. The molecule has 0 saturated heterocycles. The van der Waals surface area contributed by atoms with Crippen molar-refractivity contribution in [3.8, 4) is 0 Å². The van der Waals surface area contributed by atoms with Gasteiger partial charge in [-0.15, -0.1) is 0 Å². The van der Waals surface area contributed by atoms with E-state index in [9.17, 15) is 4.79 Å². The van der Waals surface area contributed by atoms with Crippen LogP contribution in [0.2, 0.25) is 0 Å². The van der Waals surface area contributed by atoms with Crippen molar-refractivity contribution in [3.63, 3.8) is 0 Å². The van der Waals surface area contributed by atoms with E-state index in [2.05, 4.69) is 24.5 Å². The zero-order chi connectivity index (χ0) is 11.0. The maximum atomic E-state index is 11.0. The van der Waals surface area contributed by atoms with E-state index < -0.39 is 0 Å². The Balaban J connectivity index is 3.31. The second-order valence-corrected chi connectivity index (χ2v) is 3.83. The second-order valence-electron chi connectivity index (χ2n) is 3.83. The molecule has 4 nitrogen and oxygen atoms in total. The summed E-state index contributed by atoms with van der Waals surface area (Å²) in [6, 6.07) is 0.182. The van der Waals surface area contributed by atoms with Crippen LogP contribution in [0.15, 0.2) is 0 Å². The molecule has 0 heterocycles. The van der Waals surface area contributed by atoms with Gasteiger partial charge in [0.2, 0.25) is 5.91 Å².